The van der Waals surface area contributed by atoms with Gasteiger partial charge in [0.25, 0.3) is 0 Å². The molecule has 4 aromatic rings. The highest BCUT2D eigenvalue weighted by Crippen LogP contribution is 2.42. The lowest BCUT2D eigenvalue weighted by molar-refractivity contribution is -0.119. The van der Waals surface area contributed by atoms with Crippen LogP contribution in [0.25, 0.3) is 33.6 Å². The Morgan fingerprint density at radius 3 is 1.93 bits per heavy atom. The van der Waals surface area contributed by atoms with Gasteiger partial charge < -0.3 is 30.5 Å². The molecule has 45 heavy (non-hydrogen) atoms. The molecule has 236 valence electrons. The molecule has 1 aliphatic rings. The Morgan fingerprint density at radius 2 is 1.44 bits per heavy atom. The molecule has 0 unspecified atom stereocenters. The van der Waals surface area contributed by atoms with E-state index in [2.05, 4.69) is 30.9 Å². The number of rotatable bonds is 13. The van der Waals surface area contributed by atoms with E-state index in [-0.39, 0.29) is 24.6 Å². The molecule has 2 atom stereocenters. The SMILES string of the molecule is COc1nc(-c2cccc(-c3cccc(-c4cnc(CN[C@@H](C)CO)c(OC)n4)c3Cl)c2Cl)cnc1CNC[C@@H]1CCC(=O)N1. The summed E-state index contributed by atoms with van der Waals surface area (Å²) in [6.45, 7) is 3.34. The van der Waals surface area contributed by atoms with Crippen LogP contribution in [-0.4, -0.2) is 70.4 Å². The van der Waals surface area contributed by atoms with E-state index in [1.54, 1.807) is 19.5 Å². The molecule has 5 rings (SSSR count). The lowest BCUT2D eigenvalue weighted by Gasteiger charge is -2.16. The Morgan fingerprint density at radius 1 is 0.911 bits per heavy atom. The molecule has 1 saturated heterocycles. The van der Waals surface area contributed by atoms with E-state index in [9.17, 15) is 9.90 Å². The van der Waals surface area contributed by atoms with E-state index < -0.39 is 0 Å². The first-order valence-electron chi connectivity index (χ1n) is 14.5. The Bertz CT molecular complexity index is 1670. The van der Waals surface area contributed by atoms with Crippen molar-refractivity contribution in [1.29, 1.82) is 0 Å². The van der Waals surface area contributed by atoms with Crippen molar-refractivity contribution in [2.45, 2.75) is 44.9 Å². The molecular formula is C32H35Cl2N7O4. The van der Waals surface area contributed by atoms with E-state index in [0.717, 1.165) is 6.42 Å². The van der Waals surface area contributed by atoms with Crippen LogP contribution in [0.3, 0.4) is 0 Å². The maximum atomic E-state index is 11.5. The van der Waals surface area contributed by atoms with Crippen LogP contribution in [-0.2, 0) is 17.9 Å². The van der Waals surface area contributed by atoms with Crippen molar-refractivity contribution in [2.24, 2.45) is 0 Å². The number of hydrogen-bond acceptors (Lipinski definition) is 10. The van der Waals surface area contributed by atoms with Gasteiger partial charge in [-0.1, -0.05) is 59.6 Å². The third-order valence-corrected chi connectivity index (χ3v) is 8.32. The lowest BCUT2D eigenvalue weighted by atomic mass is 9.98. The zero-order chi connectivity index (χ0) is 31.9. The number of nitrogens with zero attached hydrogens (tertiary/aromatic N) is 4. The minimum absolute atomic E-state index is 0.00613. The Kier molecular flexibility index (Phi) is 10.8. The number of benzene rings is 2. The lowest BCUT2D eigenvalue weighted by Crippen LogP contribution is -2.35. The van der Waals surface area contributed by atoms with E-state index in [0.29, 0.717) is 92.9 Å². The van der Waals surface area contributed by atoms with Gasteiger partial charge in [0.2, 0.25) is 17.7 Å². The third kappa shape index (κ3) is 7.51. The van der Waals surface area contributed by atoms with Gasteiger partial charge in [-0.3, -0.25) is 14.8 Å². The molecule has 3 heterocycles. The summed E-state index contributed by atoms with van der Waals surface area (Å²) >= 11 is 14.0. The average Bonchev–Trinajstić information content (AvgIpc) is 3.48. The van der Waals surface area contributed by atoms with Crippen LogP contribution in [0.1, 0.15) is 31.2 Å². The van der Waals surface area contributed by atoms with Gasteiger partial charge in [-0.25, -0.2) is 9.97 Å². The second kappa shape index (κ2) is 14.9. The number of aliphatic hydroxyl groups excluding tert-OH is 1. The molecule has 0 aliphatic carbocycles. The number of ether oxygens (including phenoxy) is 2. The first-order chi connectivity index (χ1) is 21.8. The predicted molar refractivity (Wildman–Crippen MR) is 173 cm³/mol. The molecule has 2 aromatic heterocycles. The van der Waals surface area contributed by atoms with Gasteiger partial charge in [0.15, 0.2) is 0 Å². The molecule has 0 spiro atoms. The Balaban J connectivity index is 1.40. The maximum Gasteiger partial charge on any atom is 0.237 e. The molecule has 4 N–H and O–H groups in total. The second-order valence-corrected chi connectivity index (χ2v) is 11.4. The summed E-state index contributed by atoms with van der Waals surface area (Å²) in [4.78, 5) is 30.0. The number of nitrogens with one attached hydrogen (secondary N) is 3. The quantitative estimate of drug-likeness (QED) is 0.164. The van der Waals surface area contributed by atoms with Gasteiger partial charge in [-0.05, 0) is 13.3 Å². The molecule has 1 amide bonds. The highest BCUT2D eigenvalue weighted by Gasteiger charge is 2.21. The van der Waals surface area contributed by atoms with Gasteiger partial charge in [0.1, 0.15) is 11.4 Å². The molecule has 0 saturated carbocycles. The van der Waals surface area contributed by atoms with Crippen LogP contribution in [0.2, 0.25) is 10.0 Å². The van der Waals surface area contributed by atoms with Gasteiger partial charge in [0.05, 0.1) is 54.7 Å². The summed E-state index contributed by atoms with van der Waals surface area (Å²) in [7, 11) is 3.09. The van der Waals surface area contributed by atoms with E-state index in [1.165, 1.54) is 7.11 Å². The summed E-state index contributed by atoms with van der Waals surface area (Å²) in [5.41, 5.74) is 5.12. The van der Waals surface area contributed by atoms with Crippen molar-refractivity contribution in [3.63, 3.8) is 0 Å². The van der Waals surface area contributed by atoms with E-state index in [4.69, 9.17) is 37.7 Å². The second-order valence-electron chi connectivity index (χ2n) is 10.7. The standard InChI is InChI=1S/C32H35Cl2N7O4/c1-18(17-42)36-16-27-32(45-3)41-25(15-38-27)23-9-5-7-21(30(23)34)20-6-4-8-22(29(20)33)24-14-37-26(31(40-24)44-2)13-35-12-19-10-11-28(43)39-19/h4-9,14-15,18-19,35-36,42H,10-13,16-17H2,1-3H3,(H,39,43)/t18-,19-/m0/s1. The van der Waals surface area contributed by atoms with Crippen molar-refractivity contribution < 1.29 is 19.4 Å². The van der Waals surface area contributed by atoms with Crippen molar-refractivity contribution in [2.75, 3.05) is 27.4 Å². The number of amides is 1. The fourth-order valence-corrected chi connectivity index (χ4v) is 5.68. The number of aromatic nitrogens is 4. The van der Waals surface area contributed by atoms with E-state index in [1.807, 2.05) is 43.3 Å². The number of hydrogen-bond donors (Lipinski definition) is 4. The predicted octanol–water partition coefficient (Wildman–Crippen LogP) is 4.43. The third-order valence-electron chi connectivity index (χ3n) is 7.51. The summed E-state index contributed by atoms with van der Waals surface area (Å²) in [6.07, 6.45) is 4.68. The van der Waals surface area contributed by atoms with Crippen LogP contribution in [0.4, 0.5) is 0 Å². The molecular weight excluding hydrogens is 617 g/mol. The van der Waals surface area contributed by atoms with Crippen LogP contribution in [0.5, 0.6) is 11.8 Å². The summed E-state index contributed by atoms with van der Waals surface area (Å²) < 4.78 is 11.1. The molecule has 0 radical (unpaired) electrons. The molecule has 1 aliphatic heterocycles. The number of halogens is 2. The van der Waals surface area contributed by atoms with Gasteiger partial charge >= 0.3 is 0 Å². The zero-order valence-corrected chi connectivity index (χ0v) is 26.7. The summed E-state index contributed by atoms with van der Waals surface area (Å²) in [6, 6.07) is 11.3. The van der Waals surface area contributed by atoms with Crippen molar-refractivity contribution in [3.8, 4) is 45.4 Å². The van der Waals surface area contributed by atoms with Gasteiger partial charge in [-0.2, -0.15) is 0 Å². The number of aliphatic hydroxyl groups is 1. The topological polar surface area (TPSA) is 143 Å². The molecule has 2 aromatic carbocycles. The molecule has 13 heteroatoms. The normalized spacial score (nSPS) is 15.2. The largest absolute Gasteiger partial charge is 0.480 e. The van der Waals surface area contributed by atoms with Crippen molar-refractivity contribution in [3.05, 3.63) is 70.2 Å². The Hall–Kier alpha value is -3.87. The first-order valence-corrected chi connectivity index (χ1v) is 15.3. The van der Waals surface area contributed by atoms with Crippen molar-refractivity contribution >= 4 is 29.1 Å². The first kappa shape index (κ1) is 32.5. The smallest absolute Gasteiger partial charge is 0.237 e. The number of carbonyl (C=O) groups is 1. The van der Waals surface area contributed by atoms with Gasteiger partial charge in [0, 0.05) is 60.4 Å². The minimum atomic E-state index is -0.0945. The zero-order valence-electron chi connectivity index (χ0n) is 25.2. The van der Waals surface area contributed by atoms with Crippen LogP contribution in [0.15, 0.2) is 48.8 Å². The molecule has 11 nitrogen and oxygen atoms in total. The minimum Gasteiger partial charge on any atom is -0.480 e. The van der Waals surface area contributed by atoms with Crippen LogP contribution < -0.4 is 25.4 Å². The highest BCUT2D eigenvalue weighted by atomic mass is 35.5. The Labute approximate surface area is 271 Å². The summed E-state index contributed by atoms with van der Waals surface area (Å²) in [5.74, 6) is 0.828. The average molecular weight is 653 g/mol. The fraction of sp³-hybridized carbons (Fsp3) is 0.344. The van der Waals surface area contributed by atoms with Crippen LogP contribution in [0, 0.1) is 0 Å². The highest BCUT2D eigenvalue weighted by molar-refractivity contribution is 6.39. The van der Waals surface area contributed by atoms with Crippen LogP contribution >= 0.6 is 23.2 Å². The number of methoxy groups -OCH3 is 2. The van der Waals surface area contributed by atoms with Gasteiger partial charge in [-0.15, -0.1) is 0 Å². The fourth-order valence-electron chi connectivity index (χ4n) is 5.03. The summed E-state index contributed by atoms with van der Waals surface area (Å²) in [5, 5.41) is 19.7. The molecule has 0 bridgehead atoms. The maximum absolute atomic E-state index is 11.5. The monoisotopic (exact) mass is 651 g/mol. The van der Waals surface area contributed by atoms with Crippen molar-refractivity contribution in [1.82, 2.24) is 35.9 Å². The number of carbonyl (C=O) groups excluding carboxylic acids is 1. The molecule has 1 fully saturated rings. The van der Waals surface area contributed by atoms with E-state index >= 15 is 0 Å².